The summed E-state index contributed by atoms with van der Waals surface area (Å²) in [6, 6.07) is 15.8. The van der Waals surface area contributed by atoms with E-state index in [4.69, 9.17) is 4.74 Å². The van der Waals surface area contributed by atoms with Crippen molar-refractivity contribution >= 4 is 18.2 Å². The fraction of sp³-hybridized carbons (Fsp3) is 0.211. The monoisotopic (exact) mass is 325 g/mol. The molecule has 2 aromatic rings. The quantitative estimate of drug-likeness (QED) is 0.605. The lowest BCUT2D eigenvalue weighted by atomic mass is 10.1. The smallest absolute Gasteiger partial charge is 0.337 e. The molecule has 0 unspecified atom stereocenters. The van der Waals surface area contributed by atoms with E-state index in [1.54, 1.807) is 30.5 Å². The SMILES string of the molecule is COC(=O)c1ccc(C=N[C@H](Cc2ccccc2)C(=O)OC)cc1. The van der Waals surface area contributed by atoms with E-state index < -0.39 is 12.0 Å². The number of nitrogens with zero attached hydrogens (tertiary/aromatic N) is 1. The molecule has 5 heteroatoms. The van der Waals surface area contributed by atoms with Gasteiger partial charge in [0, 0.05) is 12.6 Å². The molecule has 0 saturated carbocycles. The third-order valence-corrected chi connectivity index (χ3v) is 3.48. The first-order valence-electron chi connectivity index (χ1n) is 7.47. The molecular formula is C19H19NO4. The predicted octanol–water partition coefficient (Wildman–Crippen LogP) is 2.68. The van der Waals surface area contributed by atoms with Gasteiger partial charge in [0.2, 0.25) is 0 Å². The molecule has 24 heavy (non-hydrogen) atoms. The molecule has 0 N–H and O–H groups in total. The lowest BCUT2D eigenvalue weighted by Crippen LogP contribution is -2.23. The summed E-state index contributed by atoms with van der Waals surface area (Å²) in [7, 11) is 2.68. The molecular weight excluding hydrogens is 306 g/mol. The van der Waals surface area contributed by atoms with Gasteiger partial charge in [0.05, 0.1) is 19.8 Å². The molecule has 0 bridgehead atoms. The molecule has 0 amide bonds. The average Bonchev–Trinajstić information content (AvgIpc) is 2.65. The highest BCUT2D eigenvalue weighted by Crippen LogP contribution is 2.09. The van der Waals surface area contributed by atoms with Gasteiger partial charge in [0.1, 0.15) is 0 Å². The van der Waals surface area contributed by atoms with Crippen LogP contribution < -0.4 is 0 Å². The van der Waals surface area contributed by atoms with Crippen molar-refractivity contribution in [1.82, 2.24) is 0 Å². The Kier molecular flexibility index (Phi) is 6.25. The first-order valence-corrected chi connectivity index (χ1v) is 7.47. The Balaban J connectivity index is 2.12. The number of methoxy groups -OCH3 is 2. The van der Waals surface area contributed by atoms with Crippen LogP contribution in [0, 0.1) is 0 Å². The Labute approximate surface area is 140 Å². The van der Waals surface area contributed by atoms with Gasteiger partial charge in [0.15, 0.2) is 6.04 Å². The largest absolute Gasteiger partial charge is 0.467 e. The van der Waals surface area contributed by atoms with Crippen molar-refractivity contribution in [3.05, 3.63) is 71.3 Å². The van der Waals surface area contributed by atoms with Crippen LogP contribution >= 0.6 is 0 Å². The van der Waals surface area contributed by atoms with Crippen LogP contribution in [0.1, 0.15) is 21.5 Å². The Morgan fingerprint density at radius 1 is 1.00 bits per heavy atom. The van der Waals surface area contributed by atoms with Crippen molar-refractivity contribution in [1.29, 1.82) is 0 Å². The molecule has 0 aliphatic heterocycles. The normalized spacial score (nSPS) is 11.9. The number of carbonyl (C=O) groups is 2. The number of hydrogen-bond donors (Lipinski definition) is 0. The fourth-order valence-electron chi connectivity index (χ4n) is 2.17. The molecule has 2 aromatic carbocycles. The van der Waals surface area contributed by atoms with Crippen molar-refractivity contribution in [2.24, 2.45) is 4.99 Å². The van der Waals surface area contributed by atoms with Crippen molar-refractivity contribution < 1.29 is 19.1 Å². The van der Waals surface area contributed by atoms with E-state index in [0.717, 1.165) is 11.1 Å². The van der Waals surface area contributed by atoms with Gasteiger partial charge in [-0.3, -0.25) is 4.99 Å². The Morgan fingerprint density at radius 3 is 2.25 bits per heavy atom. The van der Waals surface area contributed by atoms with Crippen LogP contribution in [0.25, 0.3) is 0 Å². The zero-order chi connectivity index (χ0) is 17.4. The summed E-state index contributed by atoms with van der Waals surface area (Å²) in [6.07, 6.45) is 2.07. The molecule has 0 aliphatic carbocycles. The number of esters is 2. The van der Waals surface area contributed by atoms with Crippen LogP contribution in [0.4, 0.5) is 0 Å². The Bertz CT molecular complexity index is 708. The van der Waals surface area contributed by atoms with Gasteiger partial charge in [0.25, 0.3) is 0 Å². The zero-order valence-corrected chi connectivity index (χ0v) is 13.6. The van der Waals surface area contributed by atoms with Gasteiger partial charge in [-0.05, 0) is 23.3 Å². The lowest BCUT2D eigenvalue weighted by molar-refractivity contribution is -0.142. The fourth-order valence-corrected chi connectivity index (χ4v) is 2.17. The number of rotatable bonds is 6. The molecule has 0 aromatic heterocycles. The predicted molar refractivity (Wildman–Crippen MR) is 91.3 cm³/mol. The summed E-state index contributed by atoms with van der Waals surface area (Å²) in [4.78, 5) is 27.7. The van der Waals surface area contributed by atoms with Gasteiger partial charge in [-0.15, -0.1) is 0 Å². The van der Waals surface area contributed by atoms with Crippen molar-refractivity contribution in [2.75, 3.05) is 14.2 Å². The summed E-state index contributed by atoms with van der Waals surface area (Å²) in [6.45, 7) is 0. The van der Waals surface area contributed by atoms with Crippen LogP contribution in [-0.2, 0) is 20.7 Å². The molecule has 0 saturated heterocycles. The second kappa shape index (κ2) is 8.62. The Hall–Kier alpha value is -2.95. The molecule has 0 radical (unpaired) electrons. The van der Waals surface area contributed by atoms with Crippen LogP contribution in [0.3, 0.4) is 0 Å². The van der Waals surface area contributed by atoms with E-state index in [9.17, 15) is 9.59 Å². The van der Waals surface area contributed by atoms with Crippen LogP contribution in [0.5, 0.6) is 0 Å². The summed E-state index contributed by atoms with van der Waals surface area (Å²) >= 11 is 0. The molecule has 0 spiro atoms. The van der Waals surface area contributed by atoms with Gasteiger partial charge >= 0.3 is 11.9 Å². The zero-order valence-electron chi connectivity index (χ0n) is 13.6. The highest BCUT2D eigenvalue weighted by Gasteiger charge is 2.17. The van der Waals surface area contributed by atoms with E-state index in [2.05, 4.69) is 9.73 Å². The average molecular weight is 325 g/mol. The minimum absolute atomic E-state index is 0.388. The van der Waals surface area contributed by atoms with Crippen LogP contribution in [-0.4, -0.2) is 38.4 Å². The van der Waals surface area contributed by atoms with Gasteiger partial charge in [-0.25, -0.2) is 9.59 Å². The maximum Gasteiger partial charge on any atom is 0.337 e. The van der Waals surface area contributed by atoms with Crippen molar-refractivity contribution in [3.63, 3.8) is 0 Å². The minimum atomic E-state index is -0.613. The first-order chi connectivity index (χ1) is 11.6. The van der Waals surface area contributed by atoms with E-state index in [-0.39, 0.29) is 5.97 Å². The molecule has 124 valence electrons. The number of aliphatic imine (C=N–C) groups is 1. The number of carbonyl (C=O) groups excluding carboxylic acids is 2. The minimum Gasteiger partial charge on any atom is -0.467 e. The summed E-state index contributed by atoms with van der Waals surface area (Å²) in [5, 5.41) is 0. The maximum atomic E-state index is 11.9. The number of benzene rings is 2. The molecule has 0 aliphatic rings. The van der Waals surface area contributed by atoms with Gasteiger partial charge in [-0.1, -0.05) is 42.5 Å². The van der Waals surface area contributed by atoms with E-state index >= 15 is 0 Å². The molecule has 1 atom stereocenters. The van der Waals surface area contributed by atoms with E-state index in [1.165, 1.54) is 14.2 Å². The van der Waals surface area contributed by atoms with Gasteiger partial charge in [-0.2, -0.15) is 0 Å². The standard InChI is InChI=1S/C19H19NO4/c1-23-18(21)16-10-8-15(9-11-16)13-20-17(19(22)24-2)12-14-6-4-3-5-7-14/h3-11,13,17H,12H2,1-2H3/t17-/m1/s1. The number of ether oxygens (including phenoxy) is 2. The molecule has 0 heterocycles. The maximum absolute atomic E-state index is 11.9. The van der Waals surface area contributed by atoms with Crippen molar-refractivity contribution in [2.45, 2.75) is 12.5 Å². The Morgan fingerprint density at radius 2 is 1.67 bits per heavy atom. The van der Waals surface area contributed by atoms with Crippen LogP contribution in [0.2, 0.25) is 0 Å². The summed E-state index contributed by atoms with van der Waals surface area (Å²) in [5.41, 5.74) is 2.25. The molecule has 0 fully saturated rings. The van der Waals surface area contributed by atoms with E-state index in [1.807, 2.05) is 30.3 Å². The molecule has 5 nitrogen and oxygen atoms in total. The number of hydrogen-bond acceptors (Lipinski definition) is 5. The highest BCUT2D eigenvalue weighted by atomic mass is 16.5. The van der Waals surface area contributed by atoms with E-state index in [0.29, 0.717) is 12.0 Å². The highest BCUT2D eigenvalue weighted by molar-refractivity contribution is 5.91. The summed E-state index contributed by atoms with van der Waals surface area (Å²) < 4.78 is 9.48. The lowest BCUT2D eigenvalue weighted by Gasteiger charge is -2.10. The molecule has 2 rings (SSSR count). The third kappa shape index (κ3) is 4.78. The second-order valence-electron chi connectivity index (χ2n) is 5.12. The van der Waals surface area contributed by atoms with Gasteiger partial charge < -0.3 is 9.47 Å². The summed E-state index contributed by atoms with van der Waals surface area (Å²) in [5.74, 6) is -0.781. The third-order valence-electron chi connectivity index (χ3n) is 3.48. The second-order valence-corrected chi connectivity index (χ2v) is 5.12. The first kappa shape index (κ1) is 17.4. The van der Waals surface area contributed by atoms with Crippen LogP contribution in [0.15, 0.2) is 59.6 Å². The topological polar surface area (TPSA) is 65.0 Å². The van der Waals surface area contributed by atoms with Crippen molar-refractivity contribution in [3.8, 4) is 0 Å².